The van der Waals surface area contributed by atoms with Crippen LogP contribution in [0.15, 0.2) is 0 Å². The zero-order chi connectivity index (χ0) is 15.4. The number of aromatic nitrogens is 1. The maximum atomic E-state index is 12.0. The van der Waals surface area contributed by atoms with Gasteiger partial charge in [-0.1, -0.05) is 11.3 Å². The molecule has 0 aromatic carbocycles. The Hall–Kier alpha value is -1.87. The average molecular weight is 312 g/mol. The topological polar surface area (TPSA) is 104 Å². The van der Waals surface area contributed by atoms with E-state index in [2.05, 4.69) is 32.5 Å². The summed E-state index contributed by atoms with van der Waals surface area (Å²) in [6, 6.07) is 0. The second kappa shape index (κ2) is 6.72. The fraction of sp³-hybridized carbons (Fsp3) is 0.583. The van der Waals surface area contributed by atoms with Gasteiger partial charge in [-0.05, 0) is 7.05 Å². The molecular weight excluding hydrogens is 292 g/mol. The van der Waals surface area contributed by atoms with Gasteiger partial charge in [0, 0.05) is 33.2 Å². The van der Waals surface area contributed by atoms with E-state index in [1.54, 1.807) is 0 Å². The van der Waals surface area contributed by atoms with Crippen molar-refractivity contribution < 1.29 is 9.59 Å². The Morgan fingerprint density at radius 1 is 1.33 bits per heavy atom. The predicted octanol–water partition coefficient (Wildman–Crippen LogP) is -1.05. The zero-order valence-corrected chi connectivity index (χ0v) is 13.0. The number of nitrogens with one attached hydrogen (secondary N) is 2. The van der Waals surface area contributed by atoms with Gasteiger partial charge in [0.1, 0.15) is 10.7 Å². The summed E-state index contributed by atoms with van der Waals surface area (Å²) >= 11 is 1.26. The number of rotatable bonds is 4. The molecule has 1 aliphatic heterocycles. The zero-order valence-electron chi connectivity index (χ0n) is 12.2. The Kier molecular flexibility index (Phi) is 4.97. The molecule has 116 valence electrons. The lowest BCUT2D eigenvalue weighted by atomic mass is 10.3. The average Bonchev–Trinajstić information content (AvgIpc) is 2.87. The van der Waals surface area contributed by atoms with E-state index in [4.69, 9.17) is 5.73 Å². The maximum Gasteiger partial charge on any atom is 0.265 e. The van der Waals surface area contributed by atoms with Crippen LogP contribution in [0.4, 0.5) is 10.9 Å². The molecule has 1 fully saturated rings. The Bertz CT molecular complexity index is 524. The number of likely N-dealkylation sites (N-methyl/N-ethyl adjacent to an activating group) is 2. The van der Waals surface area contributed by atoms with Crippen LogP contribution in [0.2, 0.25) is 0 Å². The molecule has 2 heterocycles. The van der Waals surface area contributed by atoms with Crippen LogP contribution in [0.3, 0.4) is 0 Å². The van der Waals surface area contributed by atoms with E-state index in [0.29, 0.717) is 4.88 Å². The molecule has 0 saturated carbocycles. The van der Waals surface area contributed by atoms with Crippen molar-refractivity contribution in [2.24, 2.45) is 0 Å². The third kappa shape index (κ3) is 3.82. The summed E-state index contributed by atoms with van der Waals surface area (Å²) in [4.78, 5) is 32.1. The van der Waals surface area contributed by atoms with Crippen LogP contribution in [0.25, 0.3) is 0 Å². The minimum atomic E-state index is -0.367. The number of anilines is 2. The molecule has 0 radical (unpaired) electrons. The van der Waals surface area contributed by atoms with Gasteiger partial charge in [-0.15, -0.1) is 0 Å². The largest absolute Gasteiger partial charge is 0.382 e. The number of hydrogen-bond acceptors (Lipinski definition) is 7. The maximum absolute atomic E-state index is 12.0. The number of thiazole rings is 1. The van der Waals surface area contributed by atoms with Crippen molar-refractivity contribution in [1.29, 1.82) is 0 Å². The SMILES string of the molecule is CNC(=O)CNC(=O)c1sc(N2CCN(C)CC2)nc1N. The van der Waals surface area contributed by atoms with E-state index < -0.39 is 0 Å². The first kappa shape index (κ1) is 15.5. The Morgan fingerprint density at radius 3 is 2.62 bits per heavy atom. The van der Waals surface area contributed by atoms with Gasteiger partial charge >= 0.3 is 0 Å². The fourth-order valence-corrected chi connectivity index (χ4v) is 2.90. The fourth-order valence-electron chi connectivity index (χ4n) is 1.95. The van der Waals surface area contributed by atoms with Crippen LogP contribution in [0.5, 0.6) is 0 Å². The normalized spacial score (nSPS) is 15.8. The first-order chi connectivity index (χ1) is 10.0. The van der Waals surface area contributed by atoms with Crippen LogP contribution < -0.4 is 21.3 Å². The molecule has 1 aliphatic rings. The molecule has 9 heteroatoms. The molecule has 1 aromatic rings. The van der Waals surface area contributed by atoms with Gasteiger partial charge < -0.3 is 26.2 Å². The summed E-state index contributed by atoms with van der Waals surface area (Å²) in [7, 11) is 3.59. The first-order valence-electron chi connectivity index (χ1n) is 6.70. The molecule has 4 N–H and O–H groups in total. The molecule has 0 atom stereocenters. The number of carbonyl (C=O) groups is 2. The van der Waals surface area contributed by atoms with Gasteiger partial charge in [0.15, 0.2) is 5.13 Å². The monoisotopic (exact) mass is 312 g/mol. The summed E-state index contributed by atoms with van der Waals surface area (Å²) < 4.78 is 0. The molecule has 2 rings (SSSR count). The first-order valence-corrected chi connectivity index (χ1v) is 7.51. The van der Waals surface area contributed by atoms with Crippen LogP contribution in [-0.2, 0) is 4.79 Å². The van der Waals surface area contributed by atoms with Crippen molar-refractivity contribution in [1.82, 2.24) is 20.5 Å². The molecule has 0 aliphatic carbocycles. The molecular formula is C12H20N6O2S. The Labute approximate surface area is 127 Å². The highest BCUT2D eigenvalue weighted by Crippen LogP contribution is 2.28. The highest BCUT2D eigenvalue weighted by atomic mass is 32.1. The Morgan fingerprint density at radius 2 is 2.00 bits per heavy atom. The van der Waals surface area contributed by atoms with E-state index >= 15 is 0 Å². The smallest absolute Gasteiger partial charge is 0.265 e. The molecule has 1 saturated heterocycles. The van der Waals surface area contributed by atoms with Crippen molar-refractivity contribution in [3.05, 3.63) is 4.88 Å². The molecule has 1 aromatic heterocycles. The van der Waals surface area contributed by atoms with Crippen LogP contribution in [0.1, 0.15) is 9.67 Å². The van der Waals surface area contributed by atoms with Crippen molar-refractivity contribution in [2.75, 3.05) is 57.5 Å². The predicted molar refractivity (Wildman–Crippen MR) is 82.6 cm³/mol. The van der Waals surface area contributed by atoms with Gasteiger partial charge in [-0.25, -0.2) is 4.98 Å². The lowest BCUT2D eigenvalue weighted by Crippen LogP contribution is -2.44. The summed E-state index contributed by atoms with van der Waals surface area (Å²) in [6.07, 6.45) is 0. The lowest BCUT2D eigenvalue weighted by Gasteiger charge is -2.31. The number of amides is 2. The number of hydrogen-bond donors (Lipinski definition) is 3. The minimum absolute atomic E-state index is 0.0729. The number of carbonyl (C=O) groups excluding carboxylic acids is 2. The lowest BCUT2D eigenvalue weighted by molar-refractivity contribution is -0.119. The molecule has 8 nitrogen and oxygen atoms in total. The molecule has 0 unspecified atom stereocenters. The van der Waals surface area contributed by atoms with E-state index in [9.17, 15) is 9.59 Å². The van der Waals surface area contributed by atoms with E-state index in [1.165, 1.54) is 18.4 Å². The summed E-state index contributed by atoms with van der Waals surface area (Å²) in [6.45, 7) is 3.57. The third-order valence-electron chi connectivity index (χ3n) is 3.31. The van der Waals surface area contributed by atoms with E-state index in [1.807, 2.05) is 0 Å². The van der Waals surface area contributed by atoms with Gasteiger partial charge in [0.2, 0.25) is 5.91 Å². The standard InChI is InChI=1S/C12H20N6O2S/c1-14-8(19)7-15-11(20)9-10(13)16-12(21-9)18-5-3-17(2)4-6-18/h3-7,13H2,1-2H3,(H,14,19)(H,15,20). The van der Waals surface area contributed by atoms with E-state index in [0.717, 1.165) is 31.3 Å². The molecule has 21 heavy (non-hydrogen) atoms. The number of nitrogen functional groups attached to an aromatic ring is 1. The molecule has 2 amide bonds. The van der Waals surface area contributed by atoms with Crippen LogP contribution in [-0.4, -0.2) is 68.5 Å². The summed E-state index contributed by atoms with van der Waals surface area (Å²) in [5, 5.41) is 5.72. The second-order valence-corrected chi connectivity index (χ2v) is 5.83. The summed E-state index contributed by atoms with van der Waals surface area (Å²) in [5.74, 6) is -0.414. The van der Waals surface area contributed by atoms with Gasteiger partial charge in [-0.2, -0.15) is 0 Å². The Balaban J connectivity index is 2.01. The molecule has 0 bridgehead atoms. The van der Waals surface area contributed by atoms with Crippen molar-refractivity contribution >= 4 is 34.1 Å². The van der Waals surface area contributed by atoms with E-state index in [-0.39, 0.29) is 24.2 Å². The summed E-state index contributed by atoms with van der Waals surface area (Å²) in [5.41, 5.74) is 5.82. The number of nitrogens with two attached hydrogens (primary N) is 1. The van der Waals surface area contributed by atoms with Crippen molar-refractivity contribution in [2.45, 2.75) is 0 Å². The van der Waals surface area contributed by atoms with Gasteiger partial charge in [0.25, 0.3) is 5.91 Å². The van der Waals surface area contributed by atoms with Gasteiger partial charge in [-0.3, -0.25) is 9.59 Å². The quantitative estimate of drug-likeness (QED) is 0.656. The minimum Gasteiger partial charge on any atom is -0.382 e. The second-order valence-electron chi connectivity index (χ2n) is 4.86. The van der Waals surface area contributed by atoms with Gasteiger partial charge in [0.05, 0.1) is 6.54 Å². The van der Waals surface area contributed by atoms with Crippen molar-refractivity contribution in [3.63, 3.8) is 0 Å². The molecule has 0 spiro atoms. The van der Waals surface area contributed by atoms with Crippen molar-refractivity contribution in [3.8, 4) is 0 Å². The highest BCUT2D eigenvalue weighted by Gasteiger charge is 2.22. The number of nitrogens with zero attached hydrogens (tertiary/aromatic N) is 3. The van der Waals surface area contributed by atoms with Crippen LogP contribution in [0, 0.1) is 0 Å². The third-order valence-corrected chi connectivity index (χ3v) is 4.44. The highest BCUT2D eigenvalue weighted by molar-refractivity contribution is 7.18. The van der Waals surface area contributed by atoms with Crippen LogP contribution >= 0.6 is 11.3 Å². The number of piperazine rings is 1.